The van der Waals surface area contributed by atoms with E-state index in [-0.39, 0.29) is 24.6 Å². The zero-order valence-electron chi connectivity index (χ0n) is 13.9. The normalized spacial score (nSPS) is 11.4. The molecule has 25 heavy (non-hydrogen) atoms. The minimum atomic E-state index is -0.777. The van der Waals surface area contributed by atoms with Crippen molar-refractivity contribution in [2.75, 3.05) is 13.7 Å². The zero-order chi connectivity index (χ0) is 18.1. The molecule has 0 saturated carbocycles. The summed E-state index contributed by atoms with van der Waals surface area (Å²) in [5.41, 5.74) is 0.907. The molecule has 1 heterocycles. The van der Waals surface area contributed by atoms with Crippen LogP contribution in [0.25, 0.3) is 0 Å². The van der Waals surface area contributed by atoms with Crippen molar-refractivity contribution in [2.24, 2.45) is 0 Å². The minimum Gasteiger partial charge on any atom is -0.467 e. The van der Waals surface area contributed by atoms with E-state index in [1.165, 1.54) is 19.4 Å². The molecule has 7 heteroatoms. The van der Waals surface area contributed by atoms with Gasteiger partial charge in [0.15, 0.2) is 5.76 Å². The van der Waals surface area contributed by atoms with Crippen molar-refractivity contribution < 1.29 is 23.5 Å². The van der Waals surface area contributed by atoms with Crippen LogP contribution in [0.3, 0.4) is 0 Å². The van der Waals surface area contributed by atoms with Crippen LogP contribution < -0.4 is 10.6 Å². The van der Waals surface area contributed by atoms with E-state index in [0.717, 1.165) is 5.56 Å². The smallest absolute Gasteiger partial charge is 0.328 e. The lowest BCUT2D eigenvalue weighted by Crippen LogP contribution is -2.44. The maximum atomic E-state index is 12.0. The Morgan fingerprint density at radius 2 is 1.88 bits per heavy atom. The molecule has 0 aliphatic carbocycles. The van der Waals surface area contributed by atoms with Gasteiger partial charge in [0.05, 0.1) is 13.4 Å². The van der Waals surface area contributed by atoms with Gasteiger partial charge in [-0.15, -0.1) is 0 Å². The number of furan rings is 1. The summed E-state index contributed by atoms with van der Waals surface area (Å²) in [5, 5.41) is 5.21. The van der Waals surface area contributed by atoms with E-state index >= 15 is 0 Å². The highest BCUT2D eigenvalue weighted by Gasteiger charge is 2.21. The van der Waals surface area contributed by atoms with Gasteiger partial charge >= 0.3 is 5.97 Å². The molecule has 1 aromatic carbocycles. The van der Waals surface area contributed by atoms with Crippen LogP contribution in [0.4, 0.5) is 0 Å². The van der Waals surface area contributed by atoms with Crippen LogP contribution in [0.1, 0.15) is 22.5 Å². The Labute approximate surface area is 145 Å². The Bertz CT molecular complexity index is 698. The second kappa shape index (κ2) is 9.27. The molecule has 2 aromatic rings. The second-order valence-electron chi connectivity index (χ2n) is 5.32. The zero-order valence-corrected chi connectivity index (χ0v) is 13.9. The third-order valence-corrected chi connectivity index (χ3v) is 3.49. The number of hydrogen-bond acceptors (Lipinski definition) is 5. The molecule has 0 saturated heterocycles. The number of carbonyl (C=O) groups is 3. The molecule has 2 rings (SSSR count). The fraction of sp³-hybridized carbons (Fsp3) is 0.278. The van der Waals surface area contributed by atoms with Gasteiger partial charge in [0, 0.05) is 19.4 Å². The number of hydrogen-bond donors (Lipinski definition) is 2. The number of benzene rings is 1. The van der Waals surface area contributed by atoms with E-state index in [9.17, 15) is 14.4 Å². The van der Waals surface area contributed by atoms with Gasteiger partial charge in [-0.3, -0.25) is 9.59 Å². The van der Waals surface area contributed by atoms with Crippen LogP contribution in [-0.2, 0) is 20.7 Å². The lowest BCUT2D eigenvalue weighted by Gasteiger charge is -2.16. The predicted molar refractivity (Wildman–Crippen MR) is 89.8 cm³/mol. The molecular weight excluding hydrogens is 324 g/mol. The molecule has 0 spiro atoms. The Kier molecular flexibility index (Phi) is 6.76. The van der Waals surface area contributed by atoms with Gasteiger partial charge in [-0.1, -0.05) is 30.3 Å². The van der Waals surface area contributed by atoms with Crippen LogP contribution in [-0.4, -0.2) is 37.5 Å². The summed E-state index contributed by atoms with van der Waals surface area (Å²) < 4.78 is 9.70. The molecule has 132 valence electrons. The van der Waals surface area contributed by atoms with E-state index in [1.807, 2.05) is 30.3 Å². The Hall–Kier alpha value is -3.09. The number of rotatable bonds is 8. The number of esters is 1. The lowest BCUT2D eigenvalue weighted by molar-refractivity contribution is -0.145. The first-order valence-corrected chi connectivity index (χ1v) is 7.83. The first-order valence-electron chi connectivity index (χ1n) is 7.83. The molecule has 0 unspecified atom stereocenters. The number of methoxy groups -OCH3 is 1. The van der Waals surface area contributed by atoms with Crippen molar-refractivity contribution in [2.45, 2.75) is 18.9 Å². The van der Waals surface area contributed by atoms with E-state index in [0.29, 0.717) is 6.42 Å². The maximum absolute atomic E-state index is 12.0. The van der Waals surface area contributed by atoms with Crippen molar-refractivity contribution in [3.8, 4) is 0 Å². The van der Waals surface area contributed by atoms with Crippen LogP contribution in [0.2, 0.25) is 0 Å². The van der Waals surface area contributed by atoms with Gasteiger partial charge in [-0.2, -0.15) is 0 Å². The quantitative estimate of drug-likeness (QED) is 0.704. The third kappa shape index (κ3) is 5.80. The SMILES string of the molecule is COC(=O)[C@H](Cc1ccccc1)NC(=O)CCNC(=O)c1ccco1. The number of amides is 2. The van der Waals surface area contributed by atoms with Gasteiger partial charge in [0.1, 0.15) is 6.04 Å². The molecule has 0 fully saturated rings. The number of carbonyl (C=O) groups excluding carboxylic acids is 3. The summed E-state index contributed by atoms with van der Waals surface area (Å²) in [6, 6.07) is 11.7. The molecule has 0 aliphatic rings. The van der Waals surface area contributed by atoms with Crippen LogP contribution in [0.5, 0.6) is 0 Å². The lowest BCUT2D eigenvalue weighted by atomic mass is 10.1. The predicted octanol–water partition coefficient (Wildman–Crippen LogP) is 1.30. The fourth-order valence-electron chi connectivity index (χ4n) is 2.24. The van der Waals surface area contributed by atoms with Crippen LogP contribution in [0.15, 0.2) is 53.1 Å². The fourth-order valence-corrected chi connectivity index (χ4v) is 2.24. The summed E-state index contributed by atoms with van der Waals surface area (Å²) >= 11 is 0. The topological polar surface area (TPSA) is 97.6 Å². The van der Waals surface area contributed by atoms with Gasteiger partial charge in [-0.05, 0) is 17.7 Å². The highest BCUT2D eigenvalue weighted by atomic mass is 16.5. The van der Waals surface area contributed by atoms with Crippen molar-refractivity contribution in [3.63, 3.8) is 0 Å². The monoisotopic (exact) mass is 344 g/mol. The van der Waals surface area contributed by atoms with Gasteiger partial charge in [0.25, 0.3) is 5.91 Å². The molecule has 1 aromatic heterocycles. The van der Waals surface area contributed by atoms with Gasteiger partial charge in [0.2, 0.25) is 5.91 Å². The number of nitrogens with one attached hydrogen (secondary N) is 2. The summed E-state index contributed by atoms with van der Waals surface area (Å²) in [6.45, 7) is 0.130. The average molecular weight is 344 g/mol. The van der Waals surface area contributed by atoms with E-state index in [2.05, 4.69) is 10.6 Å². The third-order valence-electron chi connectivity index (χ3n) is 3.49. The summed E-state index contributed by atoms with van der Waals surface area (Å²) in [7, 11) is 1.27. The maximum Gasteiger partial charge on any atom is 0.328 e. The molecular formula is C18H20N2O5. The Morgan fingerprint density at radius 3 is 2.52 bits per heavy atom. The highest BCUT2D eigenvalue weighted by Crippen LogP contribution is 2.05. The van der Waals surface area contributed by atoms with E-state index in [1.54, 1.807) is 6.07 Å². The Balaban J connectivity index is 1.82. The molecule has 2 N–H and O–H groups in total. The summed E-state index contributed by atoms with van der Waals surface area (Å²) in [6.07, 6.45) is 1.76. The first kappa shape index (κ1) is 18.3. The number of ether oxygens (including phenoxy) is 1. The standard InChI is InChI=1S/C18H20N2O5/c1-24-18(23)14(12-13-6-3-2-4-7-13)20-16(21)9-10-19-17(22)15-8-5-11-25-15/h2-8,11,14H,9-10,12H2,1H3,(H,19,22)(H,20,21)/t14-/m0/s1. The molecule has 0 bridgehead atoms. The molecule has 1 atom stereocenters. The summed E-state index contributed by atoms with van der Waals surface area (Å²) in [5.74, 6) is -1.09. The van der Waals surface area contributed by atoms with E-state index < -0.39 is 17.9 Å². The highest BCUT2D eigenvalue weighted by molar-refractivity contribution is 5.91. The molecule has 2 amide bonds. The molecule has 7 nitrogen and oxygen atoms in total. The van der Waals surface area contributed by atoms with Crippen molar-refractivity contribution >= 4 is 17.8 Å². The van der Waals surface area contributed by atoms with Gasteiger partial charge in [-0.25, -0.2) is 4.79 Å². The van der Waals surface area contributed by atoms with Crippen molar-refractivity contribution in [1.29, 1.82) is 0 Å². The first-order chi connectivity index (χ1) is 12.1. The average Bonchev–Trinajstić information content (AvgIpc) is 3.16. The minimum absolute atomic E-state index is 0.0364. The van der Waals surface area contributed by atoms with Gasteiger partial charge < -0.3 is 19.8 Å². The summed E-state index contributed by atoms with van der Waals surface area (Å²) in [4.78, 5) is 35.6. The Morgan fingerprint density at radius 1 is 1.12 bits per heavy atom. The van der Waals surface area contributed by atoms with Crippen LogP contribution >= 0.6 is 0 Å². The second-order valence-corrected chi connectivity index (χ2v) is 5.32. The van der Waals surface area contributed by atoms with Crippen molar-refractivity contribution in [3.05, 3.63) is 60.1 Å². The largest absolute Gasteiger partial charge is 0.467 e. The molecule has 0 aliphatic heterocycles. The van der Waals surface area contributed by atoms with Crippen molar-refractivity contribution in [1.82, 2.24) is 10.6 Å². The van der Waals surface area contributed by atoms with Crippen LogP contribution in [0, 0.1) is 0 Å². The molecule has 0 radical (unpaired) electrons. The van der Waals surface area contributed by atoms with E-state index in [4.69, 9.17) is 9.15 Å².